The van der Waals surface area contributed by atoms with E-state index in [-0.39, 0.29) is 31.6 Å². The van der Waals surface area contributed by atoms with Gasteiger partial charge in [-0.25, -0.2) is 0 Å². The Morgan fingerprint density at radius 1 is 1.23 bits per heavy atom. The van der Waals surface area contributed by atoms with Crippen LogP contribution in [0.3, 0.4) is 0 Å². The number of ether oxygens (including phenoxy) is 1. The number of halogens is 1. The molecule has 0 radical (unpaired) electrons. The number of anilines is 1. The number of likely N-dealkylation sites (tertiary alicyclic amines) is 1. The number of nitrogens with one attached hydrogen (secondary N) is 1. The predicted molar refractivity (Wildman–Crippen MR) is 113 cm³/mol. The molecule has 0 aromatic heterocycles. The molecule has 7 nitrogen and oxygen atoms in total. The van der Waals surface area contributed by atoms with Crippen molar-refractivity contribution in [2.45, 2.75) is 26.3 Å². The topological polar surface area (TPSA) is 95.9 Å². The number of rotatable bonds is 7. The molecule has 162 valence electrons. The number of allylic oxidation sites excluding steroid dienone is 1. The van der Waals surface area contributed by atoms with Gasteiger partial charge in [-0.2, -0.15) is 0 Å². The molecule has 0 spiro atoms. The molecule has 30 heavy (non-hydrogen) atoms. The lowest BCUT2D eigenvalue weighted by atomic mass is 9.69. The predicted octanol–water partition coefficient (Wildman–Crippen LogP) is 2.49. The first-order valence-corrected chi connectivity index (χ1v) is 10.6. The molecule has 0 saturated carbocycles. The SMILES string of the molecule is CCOC(=O)[C@H]1[C@H]2C(=O)N(CCO)[C@H](C(=O)Nc3ccccc3Cl)[C@H]2C=C[C@H]1CC. The van der Waals surface area contributed by atoms with E-state index in [1.165, 1.54) is 4.90 Å². The molecule has 2 N–H and O–H groups in total. The van der Waals surface area contributed by atoms with Gasteiger partial charge in [-0.15, -0.1) is 0 Å². The second-order valence-electron chi connectivity index (χ2n) is 7.51. The monoisotopic (exact) mass is 434 g/mol. The van der Waals surface area contributed by atoms with Gasteiger partial charge >= 0.3 is 5.97 Å². The smallest absolute Gasteiger partial charge is 0.310 e. The van der Waals surface area contributed by atoms with Gasteiger partial charge in [0.05, 0.1) is 35.8 Å². The standard InChI is InChI=1S/C22H27ClN2O5/c1-3-13-9-10-14-18(17(13)22(29)30-4-2)21(28)25(11-12-26)19(14)20(27)24-16-8-6-5-7-15(16)23/h5-10,13-14,17-19,26H,3-4,11-12H2,1-2H3,(H,24,27)/t13-,14+,17-,18+,19+/m1/s1. The fraction of sp³-hybridized carbons (Fsp3) is 0.500. The second-order valence-corrected chi connectivity index (χ2v) is 7.91. The molecule has 1 saturated heterocycles. The van der Waals surface area contributed by atoms with Crippen molar-refractivity contribution in [3.63, 3.8) is 0 Å². The van der Waals surface area contributed by atoms with Crippen LogP contribution in [0.2, 0.25) is 5.02 Å². The van der Waals surface area contributed by atoms with Crippen molar-refractivity contribution in [1.29, 1.82) is 0 Å². The summed E-state index contributed by atoms with van der Waals surface area (Å²) in [5, 5.41) is 12.7. The maximum absolute atomic E-state index is 13.3. The summed E-state index contributed by atoms with van der Waals surface area (Å²) in [5.41, 5.74) is 0.442. The quantitative estimate of drug-likeness (QED) is 0.507. The Labute approximate surface area is 181 Å². The third-order valence-electron chi connectivity index (χ3n) is 5.88. The number of β-amino-alcohol motifs (C(OH)–C–C–N with tert-alkyl or cyclic N) is 1. The van der Waals surface area contributed by atoms with Gasteiger partial charge in [0.25, 0.3) is 0 Å². The number of para-hydroxylation sites is 1. The van der Waals surface area contributed by atoms with Crippen LogP contribution < -0.4 is 5.32 Å². The van der Waals surface area contributed by atoms with Crippen LogP contribution in [-0.2, 0) is 19.1 Å². The van der Waals surface area contributed by atoms with E-state index in [4.69, 9.17) is 16.3 Å². The molecule has 1 aromatic rings. The number of aliphatic hydroxyl groups excluding tert-OH is 1. The lowest BCUT2D eigenvalue weighted by molar-refractivity contribution is -0.155. The van der Waals surface area contributed by atoms with Gasteiger partial charge in [0.1, 0.15) is 6.04 Å². The molecule has 3 rings (SSSR count). The third-order valence-corrected chi connectivity index (χ3v) is 6.21. The number of hydrogen-bond donors (Lipinski definition) is 2. The van der Waals surface area contributed by atoms with E-state index in [9.17, 15) is 19.5 Å². The van der Waals surface area contributed by atoms with Crippen LogP contribution in [0.5, 0.6) is 0 Å². The Kier molecular flexibility index (Phi) is 7.15. The zero-order valence-corrected chi connectivity index (χ0v) is 17.8. The molecule has 2 amide bonds. The van der Waals surface area contributed by atoms with E-state index in [1.54, 1.807) is 31.2 Å². The highest BCUT2D eigenvalue weighted by atomic mass is 35.5. The number of esters is 1. The van der Waals surface area contributed by atoms with Gasteiger partial charge < -0.3 is 20.1 Å². The fourth-order valence-electron chi connectivity index (χ4n) is 4.56. The van der Waals surface area contributed by atoms with Gasteiger partial charge in [-0.1, -0.05) is 42.8 Å². The molecule has 8 heteroatoms. The zero-order valence-electron chi connectivity index (χ0n) is 17.1. The lowest BCUT2D eigenvalue weighted by Gasteiger charge is -2.33. The number of benzene rings is 1. The normalized spacial score (nSPS) is 27.7. The van der Waals surface area contributed by atoms with Crippen molar-refractivity contribution in [3.05, 3.63) is 41.4 Å². The summed E-state index contributed by atoms with van der Waals surface area (Å²) in [6, 6.07) is 5.99. The highest BCUT2D eigenvalue weighted by Gasteiger charge is 2.57. The molecule has 0 unspecified atom stereocenters. The molecular weight excluding hydrogens is 408 g/mol. The van der Waals surface area contributed by atoms with E-state index < -0.39 is 35.7 Å². The minimum Gasteiger partial charge on any atom is -0.466 e. The minimum atomic E-state index is -0.850. The summed E-state index contributed by atoms with van der Waals surface area (Å²) in [4.78, 5) is 40.6. The number of nitrogens with zero attached hydrogens (tertiary/aromatic N) is 1. The highest BCUT2D eigenvalue weighted by Crippen LogP contribution is 2.45. The molecule has 1 aromatic carbocycles. The number of carbonyl (C=O) groups excluding carboxylic acids is 3. The Balaban J connectivity index is 1.96. The van der Waals surface area contributed by atoms with E-state index in [1.807, 2.05) is 19.1 Å². The molecule has 1 aliphatic carbocycles. The molecule has 1 aliphatic heterocycles. The van der Waals surface area contributed by atoms with E-state index in [0.29, 0.717) is 17.1 Å². The van der Waals surface area contributed by atoms with E-state index in [0.717, 1.165) is 0 Å². The largest absolute Gasteiger partial charge is 0.466 e. The zero-order chi connectivity index (χ0) is 21.8. The van der Waals surface area contributed by atoms with Crippen molar-refractivity contribution in [1.82, 2.24) is 4.90 Å². The van der Waals surface area contributed by atoms with Crippen LogP contribution in [0.1, 0.15) is 20.3 Å². The van der Waals surface area contributed by atoms with Gasteiger partial charge in [0.15, 0.2) is 0 Å². The molecule has 0 bridgehead atoms. The van der Waals surface area contributed by atoms with Crippen LogP contribution in [-0.4, -0.2) is 53.6 Å². The Bertz CT molecular complexity index is 843. The van der Waals surface area contributed by atoms with Crippen molar-refractivity contribution in [2.24, 2.45) is 23.7 Å². The average molecular weight is 435 g/mol. The van der Waals surface area contributed by atoms with Gasteiger partial charge in [0, 0.05) is 12.5 Å². The van der Waals surface area contributed by atoms with Crippen LogP contribution in [0.25, 0.3) is 0 Å². The third kappa shape index (κ3) is 4.09. The van der Waals surface area contributed by atoms with Gasteiger partial charge in [-0.3, -0.25) is 14.4 Å². The lowest BCUT2D eigenvalue weighted by Crippen LogP contribution is -2.45. The molecule has 1 fully saturated rings. The summed E-state index contributed by atoms with van der Waals surface area (Å²) in [6.45, 7) is 3.62. The minimum absolute atomic E-state index is 0.00657. The number of aliphatic hydroxyl groups is 1. The first-order chi connectivity index (χ1) is 14.4. The summed E-state index contributed by atoms with van der Waals surface area (Å²) < 4.78 is 5.26. The first-order valence-electron chi connectivity index (χ1n) is 10.3. The summed E-state index contributed by atoms with van der Waals surface area (Å²) in [7, 11) is 0. The van der Waals surface area contributed by atoms with Gasteiger partial charge in [-0.05, 0) is 31.4 Å². The van der Waals surface area contributed by atoms with Crippen LogP contribution in [0.4, 0.5) is 5.69 Å². The summed E-state index contributed by atoms with van der Waals surface area (Å²) in [6.07, 6.45) is 4.45. The Morgan fingerprint density at radius 2 is 1.97 bits per heavy atom. The van der Waals surface area contributed by atoms with Crippen molar-refractivity contribution in [2.75, 3.05) is 25.1 Å². The van der Waals surface area contributed by atoms with Crippen LogP contribution >= 0.6 is 11.6 Å². The van der Waals surface area contributed by atoms with Crippen LogP contribution in [0, 0.1) is 23.7 Å². The van der Waals surface area contributed by atoms with Crippen molar-refractivity contribution in [3.8, 4) is 0 Å². The molecule has 1 heterocycles. The fourth-order valence-corrected chi connectivity index (χ4v) is 4.75. The van der Waals surface area contributed by atoms with Crippen molar-refractivity contribution >= 4 is 35.1 Å². The molecular formula is C22H27ClN2O5. The highest BCUT2D eigenvalue weighted by molar-refractivity contribution is 6.33. The number of hydrogen-bond acceptors (Lipinski definition) is 5. The maximum atomic E-state index is 13.3. The average Bonchev–Trinajstić information content (AvgIpc) is 3.01. The second kappa shape index (κ2) is 9.62. The maximum Gasteiger partial charge on any atom is 0.310 e. The molecule has 2 aliphatic rings. The first kappa shape index (κ1) is 22.3. The van der Waals surface area contributed by atoms with E-state index >= 15 is 0 Å². The number of amides is 2. The van der Waals surface area contributed by atoms with Crippen LogP contribution in [0.15, 0.2) is 36.4 Å². The summed E-state index contributed by atoms with van der Waals surface area (Å²) in [5.74, 6) is -3.13. The Morgan fingerprint density at radius 3 is 2.60 bits per heavy atom. The molecule has 5 atom stereocenters. The van der Waals surface area contributed by atoms with Gasteiger partial charge in [0.2, 0.25) is 11.8 Å². The summed E-state index contributed by atoms with van der Waals surface area (Å²) >= 11 is 6.17. The number of carbonyl (C=O) groups is 3. The Hall–Kier alpha value is -2.38. The number of fused-ring (bicyclic) bond motifs is 1. The van der Waals surface area contributed by atoms with Crippen molar-refractivity contribution < 1.29 is 24.2 Å². The van der Waals surface area contributed by atoms with E-state index in [2.05, 4.69) is 5.32 Å².